The zero-order valence-corrected chi connectivity index (χ0v) is 10.3. The molecule has 1 aromatic carbocycles. The van der Waals surface area contributed by atoms with Crippen LogP contribution in [-0.2, 0) is 0 Å². The van der Waals surface area contributed by atoms with Gasteiger partial charge in [-0.3, -0.25) is 0 Å². The van der Waals surface area contributed by atoms with Gasteiger partial charge < -0.3 is 10.5 Å². The molecule has 0 spiro atoms. The van der Waals surface area contributed by atoms with Crippen LogP contribution in [0.1, 0.15) is 50.1 Å². The third-order valence-electron chi connectivity index (χ3n) is 3.93. The van der Waals surface area contributed by atoms with Crippen LogP contribution in [0.4, 0.5) is 0 Å². The molecule has 3 rings (SSSR count). The molecule has 0 radical (unpaired) electrons. The number of nitrogens with two attached hydrogens (primary N) is 1. The van der Waals surface area contributed by atoms with Crippen LogP contribution in [0.3, 0.4) is 0 Å². The van der Waals surface area contributed by atoms with Gasteiger partial charge in [-0.05, 0) is 42.9 Å². The van der Waals surface area contributed by atoms with Crippen molar-refractivity contribution in [1.29, 1.82) is 0 Å². The largest absolute Gasteiger partial charge is 0.490 e. The normalized spacial score (nSPS) is 21.9. The minimum Gasteiger partial charge on any atom is -0.490 e. The second-order valence-corrected chi connectivity index (χ2v) is 5.53. The van der Waals surface area contributed by atoms with E-state index in [9.17, 15) is 0 Å². The second kappa shape index (κ2) is 4.69. The summed E-state index contributed by atoms with van der Waals surface area (Å²) in [6.07, 6.45) is 8.14. The quantitative estimate of drug-likeness (QED) is 0.842. The molecule has 2 saturated carbocycles. The predicted octanol–water partition coefficient (Wildman–Crippen LogP) is 3.42. The van der Waals surface area contributed by atoms with E-state index in [1.165, 1.54) is 37.7 Å². The van der Waals surface area contributed by atoms with Crippen LogP contribution in [0, 0.1) is 5.92 Å². The van der Waals surface area contributed by atoms with E-state index in [1.54, 1.807) is 0 Å². The Balaban J connectivity index is 1.63. The third-order valence-corrected chi connectivity index (χ3v) is 3.93. The molecule has 0 heterocycles. The minimum absolute atomic E-state index is 0.183. The Morgan fingerprint density at radius 2 is 2.06 bits per heavy atom. The Morgan fingerprint density at radius 3 is 2.71 bits per heavy atom. The standard InChI is InChI=1S/C15H21NO/c16-15(9-11-3-1-4-11)12-5-2-6-14(10-12)17-13-7-8-13/h2,5-6,10-11,13,15H,1,3-4,7-9,16H2. The SMILES string of the molecule is NC(CC1CCC1)c1cccc(OC2CC2)c1. The molecular weight excluding hydrogens is 210 g/mol. The van der Waals surface area contributed by atoms with Gasteiger partial charge in [-0.25, -0.2) is 0 Å². The van der Waals surface area contributed by atoms with Crippen molar-refractivity contribution in [2.45, 2.75) is 50.7 Å². The van der Waals surface area contributed by atoms with Gasteiger partial charge in [-0.2, -0.15) is 0 Å². The maximum absolute atomic E-state index is 6.27. The summed E-state index contributed by atoms with van der Waals surface area (Å²) >= 11 is 0. The summed E-state index contributed by atoms with van der Waals surface area (Å²) in [4.78, 5) is 0. The van der Waals surface area contributed by atoms with Crippen molar-refractivity contribution < 1.29 is 4.74 Å². The Kier molecular flexibility index (Phi) is 3.06. The van der Waals surface area contributed by atoms with E-state index in [1.807, 2.05) is 6.07 Å². The van der Waals surface area contributed by atoms with Gasteiger partial charge in [0.1, 0.15) is 5.75 Å². The average Bonchev–Trinajstić information content (AvgIpc) is 3.07. The third kappa shape index (κ3) is 2.81. The van der Waals surface area contributed by atoms with Crippen molar-refractivity contribution in [1.82, 2.24) is 0 Å². The van der Waals surface area contributed by atoms with Gasteiger partial charge in [0.05, 0.1) is 6.10 Å². The Morgan fingerprint density at radius 1 is 1.24 bits per heavy atom. The molecule has 2 aliphatic carbocycles. The molecule has 92 valence electrons. The topological polar surface area (TPSA) is 35.2 Å². The smallest absolute Gasteiger partial charge is 0.120 e. The van der Waals surface area contributed by atoms with Crippen LogP contribution >= 0.6 is 0 Å². The van der Waals surface area contributed by atoms with E-state index >= 15 is 0 Å². The lowest BCUT2D eigenvalue weighted by atomic mass is 9.80. The molecule has 0 aromatic heterocycles. The van der Waals surface area contributed by atoms with Crippen molar-refractivity contribution in [3.8, 4) is 5.75 Å². The molecule has 2 aliphatic rings. The number of rotatable bonds is 5. The summed E-state index contributed by atoms with van der Waals surface area (Å²) in [7, 11) is 0. The molecule has 1 atom stereocenters. The maximum Gasteiger partial charge on any atom is 0.120 e. The van der Waals surface area contributed by atoms with Gasteiger partial charge >= 0.3 is 0 Å². The maximum atomic E-state index is 6.27. The predicted molar refractivity (Wildman–Crippen MR) is 69.0 cm³/mol. The molecule has 2 nitrogen and oxygen atoms in total. The fourth-order valence-electron chi connectivity index (χ4n) is 2.42. The fraction of sp³-hybridized carbons (Fsp3) is 0.600. The molecule has 0 aliphatic heterocycles. The number of hydrogen-bond acceptors (Lipinski definition) is 2. The van der Waals surface area contributed by atoms with E-state index in [4.69, 9.17) is 10.5 Å². The van der Waals surface area contributed by atoms with E-state index in [0.29, 0.717) is 6.10 Å². The summed E-state index contributed by atoms with van der Waals surface area (Å²) in [6, 6.07) is 8.54. The summed E-state index contributed by atoms with van der Waals surface area (Å²) in [6.45, 7) is 0. The van der Waals surface area contributed by atoms with E-state index in [-0.39, 0.29) is 6.04 Å². The van der Waals surface area contributed by atoms with E-state index in [2.05, 4.69) is 18.2 Å². The lowest BCUT2D eigenvalue weighted by molar-refractivity contribution is 0.276. The number of ether oxygens (including phenoxy) is 1. The van der Waals surface area contributed by atoms with Gasteiger partial charge in [-0.15, -0.1) is 0 Å². The summed E-state index contributed by atoms with van der Waals surface area (Å²) in [5, 5.41) is 0. The van der Waals surface area contributed by atoms with Crippen molar-refractivity contribution in [2.24, 2.45) is 11.7 Å². The first-order chi connectivity index (χ1) is 8.31. The lowest BCUT2D eigenvalue weighted by Crippen LogP contribution is -2.20. The summed E-state index contributed by atoms with van der Waals surface area (Å²) < 4.78 is 5.81. The van der Waals surface area contributed by atoms with Crippen LogP contribution in [0.2, 0.25) is 0 Å². The van der Waals surface area contributed by atoms with Crippen LogP contribution in [-0.4, -0.2) is 6.10 Å². The molecule has 0 bridgehead atoms. The van der Waals surface area contributed by atoms with Gasteiger partial charge in [0.2, 0.25) is 0 Å². The number of benzene rings is 1. The summed E-state index contributed by atoms with van der Waals surface area (Å²) in [5.74, 6) is 1.85. The first kappa shape index (κ1) is 11.1. The van der Waals surface area contributed by atoms with Crippen LogP contribution in [0.15, 0.2) is 24.3 Å². The van der Waals surface area contributed by atoms with Crippen LogP contribution in [0.5, 0.6) is 5.75 Å². The lowest BCUT2D eigenvalue weighted by Gasteiger charge is -2.28. The highest BCUT2D eigenvalue weighted by Crippen LogP contribution is 2.35. The minimum atomic E-state index is 0.183. The van der Waals surface area contributed by atoms with Crippen LogP contribution in [0.25, 0.3) is 0 Å². The highest BCUT2D eigenvalue weighted by atomic mass is 16.5. The van der Waals surface area contributed by atoms with Crippen molar-refractivity contribution >= 4 is 0 Å². The van der Waals surface area contributed by atoms with Crippen LogP contribution < -0.4 is 10.5 Å². The molecule has 0 amide bonds. The number of hydrogen-bond donors (Lipinski definition) is 1. The molecule has 1 aromatic rings. The van der Waals surface area contributed by atoms with Gasteiger partial charge in [0.25, 0.3) is 0 Å². The fourth-order valence-corrected chi connectivity index (χ4v) is 2.42. The Labute approximate surface area is 103 Å². The molecule has 2 heteroatoms. The molecule has 17 heavy (non-hydrogen) atoms. The molecule has 0 saturated heterocycles. The second-order valence-electron chi connectivity index (χ2n) is 5.53. The Hall–Kier alpha value is -1.02. The average molecular weight is 231 g/mol. The molecule has 1 unspecified atom stereocenters. The van der Waals surface area contributed by atoms with E-state index < -0.39 is 0 Å². The van der Waals surface area contributed by atoms with Crippen molar-refractivity contribution in [3.63, 3.8) is 0 Å². The molecular formula is C15H21NO. The van der Waals surface area contributed by atoms with Crippen molar-refractivity contribution in [2.75, 3.05) is 0 Å². The Bertz CT molecular complexity index is 382. The zero-order valence-electron chi connectivity index (χ0n) is 10.3. The highest BCUT2D eigenvalue weighted by molar-refractivity contribution is 5.31. The molecule has 2 N–H and O–H groups in total. The van der Waals surface area contributed by atoms with Crippen molar-refractivity contribution in [3.05, 3.63) is 29.8 Å². The van der Waals surface area contributed by atoms with Gasteiger partial charge in [-0.1, -0.05) is 31.4 Å². The monoisotopic (exact) mass is 231 g/mol. The first-order valence-corrected chi connectivity index (χ1v) is 6.83. The first-order valence-electron chi connectivity index (χ1n) is 6.83. The summed E-state index contributed by atoms with van der Waals surface area (Å²) in [5.41, 5.74) is 7.50. The molecule has 2 fully saturated rings. The van der Waals surface area contributed by atoms with Gasteiger partial charge in [0.15, 0.2) is 0 Å². The highest BCUT2D eigenvalue weighted by Gasteiger charge is 2.24. The van der Waals surface area contributed by atoms with E-state index in [0.717, 1.165) is 18.1 Å². The zero-order chi connectivity index (χ0) is 11.7. The van der Waals surface area contributed by atoms with Gasteiger partial charge in [0, 0.05) is 6.04 Å².